The van der Waals surface area contributed by atoms with Crippen molar-refractivity contribution in [2.75, 3.05) is 0 Å². The van der Waals surface area contributed by atoms with E-state index in [9.17, 15) is 9.59 Å². The Balaban J connectivity index is 1.48. The first-order valence-electron chi connectivity index (χ1n) is 8.74. The topological polar surface area (TPSA) is 58.2 Å². The largest absolute Gasteiger partial charge is 0.352 e. The predicted molar refractivity (Wildman–Crippen MR) is 89.9 cm³/mol. The van der Waals surface area contributed by atoms with E-state index in [0.29, 0.717) is 11.8 Å². The molecule has 1 aromatic carbocycles. The van der Waals surface area contributed by atoms with Gasteiger partial charge in [-0.15, -0.1) is 0 Å². The minimum Gasteiger partial charge on any atom is -0.352 e. The zero-order valence-electron chi connectivity index (χ0n) is 13.8. The number of carbonyl (C=O) groups excluding carboxylic acids is 2. The molecule has 2 amide bonds. The van der Waals surface area contributed by atoms with E-state index in [1.54, 1.807) is 0 Å². The third-order valence-electron chi connectivity index (χ3n) is 5.24. The first-order valence-corrected chi connectivity index (χ1v) is 8.74. The fourth-order valence-corrected chi connectivity index (χ4v) is 3.57. The lowest BCUT2D eigenvalue weighted by Gasteiger charge is -2.37. The molecule has 2 N–H and O–H groups in total. The van der Waals surface area contributed by atoms with Crippen LogP contribution in [-0.4, -0.2) is 23.9 Å². The van der Waals surface area contributed by atoms with E-state index in [-0.39, 0.29) is 23.9 Å². The summed E-state index contributed by atoms with van der Waals surface area (Å²) in [5, 5.41) is 5.95. The number of amides is 2. The molecule has 0 saturated heterocycles. The van der Waals surface area contributed by atoms with Crippen molar-refractivity contribution < 1.29 is 9.59 Å². The lowest BCUT2D eigenvalue weighted by Crippen LogP contribution is -2.52. The molecule has 2 aliphatic carbocycles. The molecule has 4 heteroatoms. The van der Waals surface area contributed by atoms with Gasteiger partial charge in [-0.05, 0) is 36.7 Å². The molecule has 4 nitrogen and oxygen atoms in total. The third kappa shape index (κ3) is 4.12. The Labute approximate surface area is 138 Å². The maximum Gasteiger partial charge on any atom is 0.242 e. The van der Waals surface area contributed by atoms with E-state index in [0.717, 1.165) is 19.3 Å². The van der Waals surface area contributed by atoms with Crippen molar-refractivity contribution >= 4 is 11.8 Å². The molecule has 0 aromatic heterocycles. The Bertz CT molecular complexity index is 548. The molecule has 23 heavy (non-hydrogen) atoms. The number of hydrogen-bond acceptors (Lipinski definition) is 2. The predicted octanol–water partition coefficient (Wildman–Crippen LogP) is 2.74. The molecule has 2 saturated carbocycles. The summed E-state index contributed by atoms with van der Waals surface area (Å²) < 4.78 is 0. The highest BCUT2D eigenvalue weighted by Gasteiger charge is 2.34. The second-order valence-corrected chi connectivity index (χ2v) is 7.07. The Morgan fingerprint density at radius 1 is 1.17 bits per heavy atom. The smallest absolute Gasteiger partial charge is 0.242 e. The van der Waals surface area contributed by atoms with Crippen LogP contribution < -0.4 is 10.6 Å². The molecule has 0 bridgehead atoms. The summed E-state index contributed by atoms with van der Waals surface area (Å²) in [5.74, 6) is 1.01. The van der Waals surface area contributed by atoms with Gasteiger partial charge in [-0.2, -0.15) is 0 Å². The van der Waals surface area contributed by atoms with Gasteiger partial charge in [-0.1, -0.05) is 49.6 Å². The third-order valence-corrected chi connectivity index (χ3v) is 5.24. The Hall–Kier alpha value is -1.84. The number of benzene rings is 1. The van der Waals surface area contributed by atoms with Gasteiger partial charge in [0.1, 0.15) is 6.04 Å². The van der Waals surface area contributed by atoms with Crippen molar-refractivity contribution in [2.24, 2.45) is 5.92 Å². The van der Waals surface area contributed by atoms with Crippen LogP contribution >= 0.6 is 0 Å². The van der Waals surface area contributed by atoms with Gasteiger partial charge >= 0.3 is 0 Å². The lowest BCUT2D eigenvalue weighted by atomic mass is 9.75. The second kappa shape index (κ2) is 7.16. The monoisotopic (exact) mass is 314 g/mol. The van der Waals surface area contributed by atoms with E-state index < -0.39 is 0 Å². The maximum absolute atomic E-state index is 12.5. The Kier molecular flexibility index (Phi) is 4.99. The first-order chi connectivity index (χ1) is 11.1. The zero-order valence-corrected chi connectivity index (χ0v) is 13.8. The summed E-state index contributed by atoms with van der Waals surface area (Å²) in [7, 11) is 0. The highest BCUT2D eigenvalue weighted by molar-refractivity contribution is 5.87. The molecule has 0 unspecified atom stereocenters. The van der Waals surface area contributed by atoms with Crippen molar-refractivity contribution in [3.05, 3.63) is 35.9 Å². The standard InChI is InChI=1S/C19H26N2O2/c1-13(22)20-18(10-14-6-5-7-14)19(23)21-17-11-16(12-17)15-8-3-2-4-9-15/h2-4,8-9,14,16-18H,5-7,10-12H2,1H3,(H,20,22)(H,21,23)/t16?,17?,18-/m1/s1. The number of rotatable bonds is 6. The van der Waals surface area contributed by atoms with Gasteiger partial charge < -0.3 is 10.6 Å². The normalized spacial score (nSPS) is 24.9. The van der Waals surface area contributed by atoms with Crippen LogP contribution in [0.1, 0.15) is 56.9 Å². The van der Waals surface area contributed by atoms with Crippen LogP contribution in [-0.2, 0) is 9.59 Å². The minimum absolute atomic E-state index is 0.0105. The molecule has 3 rings (SSSR count). The molecular weight excluding hydrogens is 288 g/mol. The van der Waals surface area contributed by atoms with E-state index in [1.807, 2.05) is 6.07 Å². The maximum atomic E-state index is 12.5. The van der Waals surface area contributed by atoms with Gasteiger partial charge in [0.2, 0.25) is 11.8 Å². The minimum atomic E-state index is -0.367. The number of carbonyl (C=O) groups is 2. The van der Waals surface area contributed by atoms with Crippen LogP contribution in [0.25, 0.3) is 0 Å². The van der Waals surface area contributed by atoms with Crippen LogP contribution in [0.2, 0.25) is 0 Å². The van der Waals surface area contributed by atoms with Crippen LogP contribution in [0.3, 0.4) is 0 Å². The fourth-order valence-electron chi connectivity index (χ4n) is 3.57. The molecule has 2 fully saturated rings. The van der Waals surface area contributed by atoms with Crippen molar-refractivity contribution in [3.63, 3.8) is 0 Å². The summed E-state index contributed by atoms with van der Waals surface area (Å²) >= 11 is 0. The molecule has 124 valence electrons. The van der Waals surface area contributed by atoms with Gasteiger partial charge in [-0.25, -0.2) is 0 Å². The number of nitrogens with one attached hydrogen (secondary N) is 2. The van der Waals surface area contributed by atoms with Crippen LogP contribution in [0, 0.1) is 5.92 Å². The number of hydrogen-bond donors (Lipinski definition) is 2. The van der Waals surface area contributed by atoms with E-state index in [1.165, 1.54) is 31.7 Å². The SMILES string of the molecule is CC(=O)N[C@H](CC1CCC1)C(=O)NC1CC(c2ccccc2)C1. The first kappa shape index (κ1) is 16.0. The quantitative estimate of drug-likeness (QED) is 0.848. The van der Waals surface area contributed by atoms with E-state index in [2.05, 4.69) is 34.9 Å². The average Bonchev–Trinajstić information content (AvgIpc) is 2.45. The molecule has 2 aliphatic rings. The summed E-state index contributed by atoms with van der Waals surface area (Å²) in [4.78, 5) is 23.8. The Morgan fingerprint density at radius 3 is 2.43 bits per heavy atom. The fraction of sp³-hybridized carbons (Fsp3) is 0.579. The molecular formula is C19H26N2O2. The molecule has 0 aliphatic heterocycles. The highest BCUT2D eigenvalue weighted by Crippen LogP contribution is 2.37. The summed E-state index contributed by atoms with van der Waals surface area (Å²) in [6.45, 7) is 1.48. The van der Waals surface area contributed by atoms with Crippen molar-refractivity contribution in [1.82, 2.24) is 10.6 Å². The molecule has 0 spiro atoms. The van der Waals surface area contributed by atoms with Crippen molar-refractivity contribution in [2.45, 2.75) is 63.5 Å². The second-order valence-electron chi connectivity index (χ2n) is 7.07. The molecule has 0 heterocycles. The van der Waals surface area contributed by atoms with Gasteiger partial charge in [0.05, 0.1) is 0 Å². The van der Waals surface area contributed by atoms with Crippen LogP contribution in [0.4, 0.5) is 0 Å². The van der Waals surface area contributed by atoms with Crippen molar-refractivity contribution in [1.29, 1.82) is 0 Å². The zero-order chi connectivity index (χ0) is 16.2. The van der Waals surface area contributed by atoms with Crippen molar-refractivity contribution in [3.8, 4) is 0 Å². The molecule has 1 atom stereocenters. The van der Waals surface area contributed by atoms with E-state index in [4.69, 9.17) is 0 Å². The van der Waals surface area contributed by atoms with Crippen LogP contribution in [0.15, 0.2) is 30.3 Å². The van der Waals surface area contributed by atoms with Gasteiger partial charge in [0.15, 0.2) is 0 Å². The van der Waals surface area contributed by atoms with Gasteiger partial charge in [-0.3, -0.25) is 9.59 Å². The summed E-state index contributed by atoms with van der Waals surface area (Å²) in [6, 6.07) is 10.3. The summed E-state index contributed by atoms with van der Waals surface area (Å²) in [5.41, 5.74) is 1.35. The molecule has 1 aromatic rings. The van der Waals surface area contributed by atoms with Gasteiger partial charge in [0, 0.05) is 13.0 Å². The summed E-state index contributed by atoms with van der Waals surface area (Å²) in [6.07, 6.45) is 6.38. The van der Waals surface area contributed by atoms with Crippen LogP contribution in [0.5, 0.6) is 0 Å². The van der Waals surface area contributed by atoms with Gasteiger partial charge in [0.25, 0.3) is 0 Å². The Morgan fingerprint density at radius 2 is 1.87 bits per heavy atom. The highest BCUT2D eigenvalue weighted by atomic mass is 16.2. The average molecular weight is 314 g/mol. The van der Waals surface area contributed by atoms with E-state index >= 15 is 0 Å². The lowest BCUT2D eigenvalue weighted by molar-refractivity contribution is -0.129. The molecule has 0 radical (unpaired) electrons.